The molecule has 0 fully saturated rings. The van der Waals surface area contributed by atoms with E-state index >= 15 is 0 Å². The van der Waals surface area contributed by atoms with Crippen LogP contribution in [0.25, 0.3) is 0 Å². The van der Waals surface area contributed by atoms with E-state index in [0.717, 1.165) is 25.2 Å². The normalized spacial score (nSPS) is 9.94. The van der Waals surface area contributed by atoms with Gasteiger partial charge in [0.25, 0.3) is 0 Å². The largest absolute Gasteiger partial charge is 0.311 e. The number of hydrogen-bond donors (Lipinski definition) is 1. The molecule has 2 heterocycles. The third-order valence-corrected chi connectivity index (χ3v) is 2.22. The van der Waals surface area contributed by atoms with Gasteiger partial charge in [0.1, 0.15) is 6.33 Å². The maximum Gasteiger partial charge on any atom is 0.115 e. The lowest BCUT2D eigenvalue weighted by Crippen LogP contribution is -2.19. The third kappa shape index (κ3) is 4.50. The number of nitrogens with one attached hydrogen (secondary N) is 1. The Morgan fingerprint density at radius 2 is 2.00 bits per heavy atom. The van der Waals surface area contributed by atoms with Gasteiger partial charge in [-0.25, -0.2) is 9.97 Å². The van der Waals surface area contributed by atoms with Crippen LogP contribution in [0.15, 0.2) is 31.1 Å². The minimum absolute atomic E-state index is 0. The van der Waals surface area contributed by atoms with Gasteiger partial charge in [-0.15, -0.1) is 12.4 Å². The van der Waals surface area contributed by atoms with Crippen LogP contribution in [0.4, 0.5) is 0 Å². The molecular formula is C11H16ClN5. The fraction of sp³-hybridized carbons (Fsp3) is 0.364. The van der Waals surface area contributed by atoms with Crippen molar-refractivity contribution in [2.24, 2.45) is 0 Å². The zero-order valence-electron chi connectivity index (χ0n) is 9.71. The van der Waals surface area contributed by atoms with Gasteiger partial charge in [0.15, 0.2) is 0 Å². The first-order chi connectivity index (χ1) is 7.84. The molecule has 6 heteroatoms. The summed E-state index contributed by atoms with van der Waals surface area (Å²) in [7, 11) is 0. The van der Waals surface area contributed by atoms with Crippen LogP contribution in [0, 0.1) is 6.92 Å². The van der Waals surface area contributed by atoms with Gasteiger partial charge in [-0.2, -0.15) is 5.10 Å². The molecule has 0 aromatic carbocycles. The molecule has 0 aliphatic carbocycles. The van der Waals surface area contributed by atoms with Crippen LogP contribution in [0.5, 0.6) is 0 Å². The second-order valence-electron chi connectivity index (χ2n) is 3.70. The Balaban J connectivity index is 0.00000144. The monoisotopic (exact) mass is 253 g/mol. The molecule has 0 radical (unpaired) electrons. The van der Waals surface area contributed by atoms with Crippen molar-refractivity contribution in [3.63, 3.8) is 0 Å². The molecule has 92 valence electrons. The van der Waals surface area contributed by atoms with E-state index in [1.807, 2.05) is 36.4 Å². The molecule has 0 atom stereocenters. The summed E-state index contributed by atoms with van der Waals surface area (Å²) in [6, 6.07) is 0. The lowest BCUT2D eigenvalue weighted by molar-refractivity contribution is 0.554. The molecule has 0 unspecified atom stereocenters. The van der Waals surface area contributed by atoms with Crippen LogP contribution in [-0.2, 0) is 13.1 Å². The van der Waals surface area contributed by atoms with Crippen LogP contribution >= 0.6 is 12.4 Å². The van der Waals surface area contributed by atoms with Gasteiger partial charge in [-0.3, -0.25) is 4.68 Å². The maximum absolute atomic E-state index is 4.21. The molecule has 0 bridgehead atoms. The highest BCUT2D eigenvalue weighted by molar-refractivity contribution is 5.85. The first-order valence-corrected chi connectivity index (χ1v) is 5.28. The van der Waals surface area contributed by atoms with E-state index in [1.54, 1.807) is 0 Å². The second kappa shape index (κ2) is 6.98. The van der Waals surface area contributed by atoms with Crippen LogP contribution < -0.4 is 5.32 Å². The smallest absolute Gasteiger partial charge is 0.115 e. The van der Waals surface area contributed by atoms with Crippen molar-refractivity contribution in [3.8, 4) is 0 Å². The highest BCUT2D eigenvalue weighted by Gasteiger charge is 1.94. The van der Waals surface area contributed by atoms with E-state index in [1.165, 1.54) is 11.9 Å². The van der Waals surface area contributed by atoms with E-state index < -0.39 is 0 Å². The van der Waals surface area contributed by atoms with Crippen LogP contribution in [-0.4, -0.2) is 26.3 Å². The van der Waals surface area contributed by atoms with Crippen molar-refractivity contribution in [2.45, 2.75) is 20.0 Å². The molecule has 5 nitrogen and oxygen atoms in total. The van der Waals surface area contributed by atoms with Gasteiger partial charge in [-0.1, -0.05) is 0 Å². The molecule has 2 rings (SSSR count). The van der Waals surface area contributed by atoms with Crippen LogP contribution in [0.3, 0.4) is 0 Å². The Bertz CT molecular complexity index is 428. The van der Waals surface area contributed by atoms with Crippen molar-refractivity contribution >= 4 is 12.4 Å². The lowest BCUT2D eigenvalue weighted by atomic mass is 10.3. The van der Waals surface area contributed by atoms with Gasteiger partial charge < -0.3 is 5.32 Å². The summed E-state index contributed by atoms with van der Waals surface area (Å²) >= 11 is 0. The Hall–Kier alpha value is -1.46. The predicted octanol–water partition coefficient (Wildman–Crippen LogP) is 1.19. The van der Waals surface area contributed by atoms with Crippen molar-refractivity contribution < 1.29 is 0 Å². The van der Waals surface area contributed by atoms with E-state index in [9.17, 15) is 0 Å². The number of hydrogen-bond acceptors (Lipinski definition) is 4. The fourth-order valence-corrected chi connectivity index (χ4v) is 1.44. The number of nitrogens with zero attached hydrogens (tertiary/aromatic N) is 4. The maximum atomic E-state index is 4.21. The zero-order valence-corrected chi connectivity index (χ0v) is 10.5. The average molecular weight is 254 g/mol. The third-order valence-electron chi connectivity index (χ3n) is 2.22. The number of aryl methyl sites for hydroxylation is 1. The standard InChI is InChI=1S/C11H15N5.ClH/c1-10-4-15-16(8-10)3-2-12-5-11-6-13-9-14-7-11;/h4,6-9,12H,2-3,5H2,1H3;1H. The van der Waals surface area contributed by atoms with Gasteiger partial charge >= 0.3 is 0 Å². The second-order valence-corrected chi connectivity index (χ2v) is 3.70. The summed E-state index contributed by atoms with van der Waals surface area (Å²) in [4.78, 5) is 7.91. The summed E-state index contributed by atoms with van der Waals surface area (Å²) in [5.74, 6) is 0. The van der Waals surface area contributed by atoms with Crippen molar-refractivity contribution in [3.05, 3.63) is 42.2 Å². The quantitative estimate of drug-likeness (QED) is 0.814. The Labute approximate surface area is 107 Å². The topological polar surface area (TPSA) is 55.6 Å². The molecule has 1 N–H and O–H groups in total. The Morgan fingerprint density at radius 1 is 1.24 bits per heavy atom. The summed E-state index contributed by atoms with van der Waals surface area (Å²) in [5.41, 5.74) is 2.29. The van der Waals surface area contributed by atoms with Crippen molar-refractivity contribution in [1.29, 1.82) is 0 Å². The number of aromatic nitrogens is 4. The van der Waals surface area contributed by atoms with E-state index in [4.69, 9.17) is 0 Å². The number of rotatable bonds is 5. The highest BCUT2D eigenvalue weighted by atomic mass is 35.5. The first kappa shape index (κ1) is 13.6. The molecule has 2 aromatic rings. The highest BCUT2D eigenvalue weighted by Crippen LogP contribution is 1.94. The van der Waals surface area contributed by atoms with Crippen molar-refractivity contribution in [2.75, 3.05) is 6.54 Å². The van der Waals surface area contributed by atoms with Gasteiger partial charge in [0.2, 0.25) is 0 Å². The minimum atomic E-state index is 0. The van der Waals surface area contributed by atoms with E-state index in [0.29, 0.717) is 0 Å². The van der Waals surface area contributed by atoms with Gasteiger partial charge in [0, 0.05) is 37.2 Å². The molecular weight excluding hydrogens is 238 g/mol. The average Bonchev–Trinajstić information content (AvgIpc) is 2.72. The molecule has 0 saturated carbocycles. The summed E-state index contributed by atoms with van der Waals surface area (Å²) in [6.45, 7) is 4.59. The molecule has 2 aromatic heterocycles. The molecule has 0 saturated heterocycles. The van der Waals surface area contributed by atoms with Crippen LogP contribution in [0.2, 0.25) is 0 Å². The predicted molar refractivity (Wildman–Crippen MR) is 68.0 cm³/mol. The zero-order chi connectivity index (χ0) is 11.2. The minimum Gasteiger partial charge on any atom is -0.311 e. The lowest BCUT2D eigenvalue weighted by Gasteiger charge is -2.04. The van der Waals surface area contributed by atoms with Gasteiger partial charge in [0.05, 0.1) is 12.7 Å². The van der Waals surface area contributed by atoms with Crippen LogP contribution in [0.1, 0.15) is 11.1 Å². The molecule has 17 heavy (non-hydrogen) atoms. The SMILES string of the molecule is Cc1cnn(CCNCc2cncnc2)c1.Cl. The number of halogens is 1. The molecule has 0 spiro atoms. The van der Waals surface area contributed by atoms with E-state index in [2.05, 4.69) is 20.4 Å². The van der Waals surface area contributed by atoms with Gasteiger partial charge in [-0.05, 0) is 12.5 Å². The Kier molecular flexibility index (Phi) is 5.59. The Morgan fingerprint density at radius 3 is 2.65 bits per heavy atom. The molecule has 0 aliphatic rings. The summed E-state index contributed by atoms with van der Waals surface area (Å²) in [6.07, 6.45) is 9.07. The van der Waals surface area contributed by atoms with E-state index in [-0.39, 0.29) is 12.4 Å². The first-order valence-electron chi connectivity index (χ1n) is 5.28. The summed E-state index contributed by atoms with van der Waals surface area (Å²) < 4.78 is 1.93. The summed E-state index contributed by atoms with van der Waals surface area (Å²) in [5, 5.41) is 7.53. The van der Waals surface area contributed by atoms with Crippen molar-refractivity contribution in [1.82, 2.24) is 25.1 Å². The fourth-order valence-electron chi connectivity index (χ4n) is 1.44. The molecule has 0 amide bonds. The molecule has 0 aliphatic heterocycles.